The van der Waals surface area contributed by atoms with Gasteiger partial charge in [0.25, 0.3) is 0 Å². The lowest BCUT2D eigenvalue weighted by molar-refractivity contribution is -0.137. The molecule has 1 aromatic rings. The molecule has 18 heavy (non-hydrogen) atoms. The molecule has 0 saturated heterocycles. The molecule has 0 aliphatic carbocycles. The highest BCUT2D eigenvalue weighted by atomic mass is 16.5. The molecule has 5 nitrogen and oxygen atoms in total. The van der Waals surface area contributed by atoms with Crippen molar-refractivity contribution in [1.82, 2.24) is 0 Å². The molecule has 1 atom stereocenters. The van der Waals surface area contributed by atoms with Crippen LogP contribution in [0.4, 0.5) is 5.69 Å². The first kappa shape index (κ1) is 12.7. The number of ether oxygens (including phenoxy) is 1. The number of hydrogen-bond donors (Lipinski definition) is 2. The van der Waals surface area contributed by atoms with E-state index in [9.17, 15) is 4.79 Å². The van der Waals surface area contributed by atoms with E-state index in [0.29, 0.717) is 13.0 Å². The quantitative estimate of drug-likeness (QED) is 0.844. The number of anilines is 1. The second-order valence-electron chi connectivity index (χ2n) is 4.54. The standard InChI is InChI=1S/C13H18N2O3/c1-15-6-7-18-12-8-9(2-4-11(12)15)10(14)3-5-13(16)17/h2,4,8,10H,3,5-7,14H2,1H3,(H,16,17). The first-order valence-electron chi connectivity index (χ1n) is 6.03. The number of carboxylic acid groups (broad SMARTS) is 1. The Morgan fingerprint density at radius 3 is 3.11 bits per heavy atom. The minimum Gasteiger partial charge on any atom is -0.490 e. The third-order valence-corrected chi connectivity index (χ3v) is 3.18. The first-order valence-corrected chi connectivity index (χ1v) is 6.03. The number of nitrogens with zero attached hydrogens (tertiary/aromatic N) is 1. The number of nitrogens with two attached hydrogens (primary N) is 1. The summed E-state index contributed by atoms with van der Waals surface area (Å²) in [4.78, 5) is 12.7. The number of carbonyl (C=O) groups is 1. The van der Waals surface area contributed by atoms with Crippen LogP contribution < -0.4 is 15.4 Å². The van der Waals surface area contributed by atoms with Crippen molar-refractivity contribution in [1.29, 1.82) is 0 Å². The summed E-state index contributed by atoms with van der Waals surface area (Å²) in [5.74, 6) is 0.00594. The van der Waals surface area contributed by atoms with E-state index in [2.05, 4.69) is 4.90 Å². The Balaban J connectivity index is 2.12. The molecular formula is C13H18N2O3. The summed E-state index contributed by atoms with van der Waals surface area (Å²) in [7, 11) is 2.02. The molecule has 0 aromatic heterocycles. The van der Waals surface area contributed by atoms with E-state index in [-0.39, 0.29) is 12.5 Å². The summed E-state index contributed by atoms with van der Waals surface area (Å²) in [6.07, 6.45) is 0.517. The van der Waals surface area contributed by atoms with Gasteiger partial charge in [0.05, 0.1) is 12.2 Å². The Hall–Kier alpha value is -1.75. The van der Waals surface area contributed by atoms with Gasteiger partial charge < -0.3 is 20.5 Å². The van der Waals surface area contributed by atoms with Gasteiger partial charge in [0.2, 0.25) is 0 Å². The highest BCUT2D eigenvalue weighted by Crippen LogP contribution is 2.33. The van der Waals surface area contributed by atoms with Crippen molar-refractivity contribution in [3.8, 4) is 5.75 Å². The van der Waals surface area contributed by atoms with Crippen LogP contribution in [0.15, 0.2) is 18.2 Å². The monoisotopic (exact) mass is 250 g/mol. The third kappa shape index (κ3) is 2.73. The minimum absolute atomic E-state index is 0.0824. The number of benzene rings is 1. The average molecular weight is 250 g/mol. The van der Waals surface area contributed by atoms with Crippen molar-refractivity contribution in [3.05, 3.63) is 23.8 Å². The van der Waals surface area contributed by atoms with Crippen LogP contribution >= 0.6 is 0 Å². The van der Waals surface area contributed by atoms with E-state index < -0.39 is 5.97 Å². The number of aliphatic carboxylic acids is 1. The third-order valence-electron chi connectivity index (χ3n) is 3.18. The van der Waals surface area contributed by atoms with Crippen molar-refractivity contribution in [2.75, 3.05) is 25.1 Å². The molecule has 0 amide bonds. The molecule has 0 bridgehead atoms. The van der Waals surface area contributed by atoms with Crippen molar-refractivity contribution < 1.29 is 14.6 Å². The molecule has 1 aromatic carbocycles. The van der Waals surface area contributed by atoms with Gasteiger partial charge in [-0.15, -0.1) is 0 Å². The predicted octanol–water partition coefficient (Wildman–Crippen LogP) is 1.38. The molecule has 1 heterocycles. The van der Waals surface area contributed by atoms with Crippen molar-refractivity contribution in [3.63, 3.8) is 0 Å². The van der Waals surface area contributed by atoms with Crippen molar-refractivity contribution in [2.45, 2.75) is 18.9 Å². The summed E-state index contributed by atoms with van der Waals surface area (Å²) in [6.45, 7) is 1.54. The molecule has 0 spiro atoms. The Kier molecular flexibility index (Phi) is 3.72. The maximum atomic E-state index is 10.5. The van der Waals surface area contributed by atoms with Crippen LogP contribution in [0.2, 0.25) is 0 Å². The number of hydrogen-bond acceptors (Lipinski definition) is 4. The van der Waals surface area contributed by atoms with Gasteiger partial charge >= 0.3 is 5.97 Å². The zero-order chi connectivity index (χ0) is 13.1. The van der Waals surface area contributed by atoms with Crippen LogP contribution in [0.1, 0.15) is 24.4 Å². The lowest BCUT2D eigenvalue weighted by atomic mass is 10.0. The summed E-state index contributed by atoms with van der Waals surface area (Å²) >= 11 is 0. The molecule has 0 saturated carbocycles. The SMILES string of the molecule is CN1CCOc2cc(C(N)CCC(=O)O)ccc21. The maximum Gasteiger partial charge on any atom is 0.303 e. The molecule has 3 N–H and O–H groups in total. The summed E-state index contributed by atoms with van der Waals surface area (Å²) in [5, 5.41) is 8.65. The molecule has 0 fully saturated rings. The molecule has 98 valence electrons. The van der Waals surface area contributed by atoms with Crippen molar-refractivity contribution in [2.24, 2.45) is 5.73 Å². The highest BCUT2D eigenvalue weighted by Gasteiger charge is 2.17. The van der Waals surface area contributed by atoms with Crippen LogP contribution in [0, 0.1) is 0 Å². The van der Waals surface area contributed by atoms with E-state index >= 15 is 0 Å². The average Bonchev–Trinajstić information content (AvgIpc) is 2.35. The van der Waals surface area contributed by atoms with E-state index in [1.165, 1.54) is 0 Å². The number of carboxylic acids is 1. The van der Waals surface area contributed by atoms with Gasteiger partial charge in [-0.3, -0.25) is 4.79 Å². The predicted molar refractivity (Wildman–Crippen MR) is 69.0 cm³/mol. The van der Waals surface area contributed by atoms with Crippen LogP contribution in [-0.2, 0) is 4.79 Å². The Morgan fingerprint density at radius 2 is 2.39 bits per heavy atom. The first-order chi connectivity index (χ1) is 8.58. The van der Waals surface area contributed by atoms with E-state index in [1.54, 1.807) is 0 Å². The van der Waals surface area contributed by atoms with Gasteiger partial charge in [0.15, 0.2) is 0 Å². The molecule has 1 aliphatic heterocycles. The van der Waals surface area contributed by atoms with Crippen LogP contribution in [-0.4, -0.2) is 31.3 Å². The zero-order valence-corrected chi connectivity index (χ0v) is 10.4. The Bertz CT molecular complexity index is 448. The summed E-state index contributed by atoms with van der Waals surface area (Å²) < 4.78 is 5.60. The van der Waals surface area contributed by atoms with E-state index in [4.69, 9.17) is 15.6 Å². The fourth-order valence-electron chi connectivity index (χ4n) is 2.05. The zero-order valence-electron chi connectivity index (χ0n) is 10.4. The normalized spacial score (nSPS) is 15.8. The van der Waals surface area contributed by atoms with Gasteiger partial charge in [-0.05, 0) is 24.1 Å². The second-order valence-corrected chi connectivity index (χ2v) is 4.54. The van der Waals surface area contributed by atoms with Gasteiger partial charge in [-0.1, -0.05) is 6.07 Å². The number of fused-ring (bicyclic) bond motifs is 1. The van der Waals surface area contributed by atoms with Gasteiger partial charge in [0.1, 0.15) is 12.4 Å². The Morgan fingerprint density at radius 1 is 1.61 bits per heavy atom. The molecule has 1 unspecified atom stereocenters. The lowest BCUT2D eigenvalue weighted by Crippen LogP contribution is -2.29. The molecular weight excluding hydrogens is 232 g/mol. The number of rotatable bonds is 4. The molecule has 0 radical (unpaired) electrons. The molecule has 5 heteroatoms. The second kappa shape index (κ2) is 5.27. The smallest absolute Gasteiger partial charge is 0.303 e. The van der Waals surface area contributed by atoms with E-state index in [1.807, 2.05) is 25.2 Å². The van der Waals surface area contributed by atoms with E-state index in [0.717, 1.165) is 23.5 Å². The fourth-order valence-corrected chi connectivity index (χ4v) is 2.05. The highest BCUT2D eigenvalue weighted by molar-refractivity contribution is 5.66. The van der Waals surface area contributed by atoms with Crippen LogP contribution in [0.5, 0.6) is 5.75 Å². The largest absolute Gasteiger partial charge is 0.490 e. The van der Waals surface area contributed by atoms with Gasteiger partial charge in [0, 0.05) is 19.5 Å². The minimum atomic E-state index is -0.820. The fraction of sp³-hybridized carbons (Fsp3) is 0.462. The van der Waals surface area contributed by atoms with Crippen LogP contribution in [0.3, 0.4) is 0 Å². The lowest BCUT2D eigenvalue weighted by Gasteiger charge is -2.28. The molecule has 2 rings (SSSR count). The summed E-state index contributed by atoms with van der Waals surface area (Å²) in [5.41, 5.74) is 7.95. The van der Waals surface area contributed by atoms with Gasteiger partial charge in [-0.25, -0.2) is 0 Å². The van der Waals surface area contributed by atoms with Crippen LogP contribution in [0.25, 0.3) is 0 Å². The van der Waals surface area contributed by atoms with Crippen molar-refractivity contribution >= 4 is 11.7 Å². The Labute approximate surface area is 106 Å². The molecule has 1 aliphatic rings. The van der Waals surface area contributed by atoms with Gasteiger partial charge in [-0.2, -0.15) is 0 Å². The maximum absolute atomic E-state index is 10.5. The topological polar surface area (TPSA) is 75.8 Å². The summed E-state index contributed by atoms with van der Waals surface area (Å²) in [6, 6.07) is 5.57. The number of likely N-dealkylation sites (N-methyl/N-ethyl adjacent to an activating group) is 1.